The normalized spacial score (nSPS) is 9.61. The molecule has 0 unspecified atom stereocenters. The highest BCUT2D eigenvalue weighted by Crippen LogP contribution is 2.16. The van der Waals surface area contributed by atoms with Crippen molar-refractivity contribution in [1.82, 2.24) is 0 Å². The Labute approximate surface area is 108 Å². The van der Waals surface area contributed by atoms with Gasteiger partial charge in [0.1, 0.15) is 6.07 Å². The number of carbonyl (C=O) groups excluding carboxylic acids is 1. The van der Waals surface area contributed by atoms with E-state index in [2.05, 4.69) is 11.4 Å². The van der Waals surface area contributed by atoms with Gasteiger partial charge in [-0.05, 0) is 38.0 Å². The first-order valence-corrected chi connectivity index (χ1v) is 6.07. The lowest BCUT2D eigenvalue weighted by molar-refractivity contribution is -0.143. The number of rotatable bonds is 6. The molecule has 0 saturated heterocycles. The molecule has 0 aliphatic heterocycles. The lowest BCUT2D eigenvalue weighted by Gasteiger charge is -2.08. The first kappa shape index (κ1) is 14.0. The van der Waals surface area contributed by atoms with Crippen molar-refractivity contribution in [2.24, 2.45) is 0 Å². The number of hydrogen-bond acceptors (Lipinski definition) is 4. The highest BCUT2D eigenvalue weighted by molar-refractivity contribution is 5.69. The number of hydrogen-bond donors (Lipinski definition) is 1. The lowest BCUT2D eigenvalue weighted by atomic mass is 10.1. The summed E-state index contributed by atoms with van der Waals surface area (Å²) in [7, 11) is 0. The van der Waals surface area contributed by atoms with Crippen molar-refractivity contribution in [3.05, 3.63) is 29.3 Å². The number of nitrogens with zero attached hydrogens (tertiary/aromatic N) is 1. The lowest BCUT2D eigenvalue weighted by Crippen LogP contribution is -2.08. The van der Waals surface area contributed by atoms with Crippen LogP contribution in [0.25, 0.3) is 0 Å². The van der Waals surface area contributed by atoms with Gasteiger partial charge >= 0.3 is 5.97 Å². The number of ether oxygens (including phenoxy) is 1. The topological polar surface area (TPSA) is 62.1 Å². The fourth-order valence-electron chi connectivity index (χ4n) is 1.59. The first-order valence-electron chi connectivity index (χ1n) is 6.07. The Hall–Kier alpha value is -2.02. The molecule has 0 heterocycles. The number of anilines is 1. The third-order valence-electron chi connectivity index (χ3n) is 2.47. The molecule has 0 spiro atoms. The predicted octanol–water partition coefficient (Wildman–Crippen LogP) is 2.62. The summed E-state index contributed by atoms with van der Waals surface area (Å²) in [5.41, 5.74) is 2.54. The molecule has 18 heavy (non-hydrogen) atoms. The molecule has 0 saturated carbocycles. The van der Waals surface area contributed by atoms with E-state index in [0.717, 1.165) is 11.3 Å². The quantitative estimate of drug-likeness (QED) is 0.619. The highest BCUT2D eigenvalue weighted by Gasteiger charge is 2.03. The van der Waals surface area contributed by atoms with Crippen LogP contribution in [-0.4, -0.2) is 19.1 Å². The van der Waals surface area contributed by atoms with E-state index in [9.17, 15) is 4.79 Å². The van der Waals surface area contributed by atoms with Crippen LogP contribution in [0.15, 0.2) is 18.2 Å². The van der Waals surface area contributed by atoms with Crippen LogP contribution >= 0.6 is 0 Å². The van der Waals surface area contributed by atoms with Gasteiger partial charge in [0.25, 0.3) is 0 Å². The number of nitriles is 1. The fraction of sp³-hybridized carbons (Fsp3) is 0.429. The minimum atomic E-state index is -0.177. The summed E-state index contributed by atoms with van der Waals surface area (Å²) in [6.45, 7) is 4.84. The van der Waals surface area contributed by atoms with Crippen LogP contribution in [0.1, 0.15) is 30.9 Å². The van der Waals surface area contributed by atoms with Gasteiger partial charge in [0.05, 0.1) is 17.9 Å². The van der Waals surface area contributed by atoms with Gasteiger partial charge in [0.15, 0.2) is 0 Å². The number of nitrogens with one attached hydrogen (secondary N) is 1. The van der Waals surface area contributed by atoms with Crippen molar-refractivity contribution in [3.8, 4) is 6.07 Å². The molecule has 0 fully saturated rings. The molecule has 1 aromatic carbocycles. The van der Waals surface area contributed by atoms with Gasteiger partial charge in [0, 0.05) is 13.0 Å². The van der Waals surface area contributed by atoms with Gasteiger partial charge in [-0.2, -0.15) is 5.26 Å². The molecule has 0 bridgehead atoms. The molecule has 1 N–H and O–H groups in total. The van der Waals surface area contributed by atoms with Gasteiger partial charge in [-0.3, -0.25) is 4.79 Å². The van der Waals surface area contributed by atoms with Gasteiger partial charge in [-0.25, -0.2) is 0 Å². The summed E-state index contributed by atoms with van der Waals surface area (Å²) >= 11 is 0. The second kappa shape index (κ2) is 7.33. The Bertz CT molecular complexity index is 450. The molecule has 0 aliphatic carbocycles. The molecule has 0 aromatic heterocycles. The largest absolute Gasteiger partial charge is 0.466 e. The monoisotopic (exact) mass is 246 g/mol. The van der Waals surface area contributed by atoms with Crippen LogP contribution in [0.2, 0.25) is 0 Å². The second-order valence-electron chi connectivity index (χ2n) is 4.00. The molecular formula is C14H18N2O2. The van der Waals surface area contributed by atoms with E-state index in [1.165, 1.54) is 0 Å². The molecule has 0 aliphatic rings. The molecule has 4 nitrogen and oxygen atoms in total. The molecule has 0 radical (unpaired) electrons. The van der Waals surface area contributed by atoms with Gasteiger partial charge in [-0.1, -0.05) is 6.07 Å². The molecule has 1 rings (SSSR count). The van der Waals surface area contributed by atoms with E-state index in [1.54, 1.807) is 13.0 Å². The Morgan fingerprint density at radius 3 is 2.94 bits per heavy atom. The van der Waals surface area contributed by atoms with Gasteiger partial charge in [-0.15, -0.1) is 0 Å². The van der Waals surface area contributed by atoms with Crippen LogP contribution in [0.3, 0.4) is 0 Å². The minimum absolute atomic E-state index is 0.177. The standard InChI is InChI=1S/C14H18N2O2/c1-3-18-14(17)5-4-8-16-13-9-11(2)6-7-12(13)10-15/h6-7,9,16H,3-5,8H2,1-2H3. The van der Waals surface area contributed by atoms with Crippen LogP contribution < -0.4 is 5.32 Å². The third-order valence-corrected chi connectivity index (χ3v) is 2.47. The third kappa shape index (κ3) is 4.46. The van der Waals surface area contributed by atoms with Crippen LogP contribution in [0, 0.1) is 18.3 Å². The summed E-state index contributed by atoms with van der Waals surface area (Å²) in [5.74, 6) is -0.177. The summed E-state index contributed by atoms with van der Waals surface area (Å²) < 4.78 is 4.84. The summed E-state index contributed by atoms with van der Waals surface area (Å²) in [6, 6.07) is 7.77. The first-order chi connectivity index (χ1) is 8.67. The van der Waals surface area contributed by atoms with E-state index < -0.39 is 0 Å². The molecular weight excluding hydrogens is 228 g/mol. The van der Waals surface area contributed by atoms with E-state index in [-0.39, 0.29) is 5.97 Å². The zero-order chi connectivity index (χ0) is 13.4. The molecule has 4 heteroatoms. The smallest absolute Gasteiger partial charge is 0.305 e. The Kier molecular flexibility index (Phi) is 5.72. The van der Waals surface area contributed by atoms with Crippen molar-refractivity contribution in [3.63, 3.8) is 0 Å². The zero-order valence-corrected chi connectivity index (χ0v) is 10.8. The minimum Gasteiger partial charge on any atom is -0.466 e. The molecule has 1 aromatic rings. The van der Waals surface area contributed by atoms with Crippen molar-refractivity contribution in [1.29, 1.82) is 5.26 Å². The van der Waals surface area contributed by atoms with E-state index in [1.807, 2.05) is 19.1 Å². The Morgan fingerprint density at radius 2 is 2.28 bits per heavy atom. The predicted molar refractivity (Wildman–Crippen MR) is 70.3 cm³/mol. The second-order valence-corrected chi connectivity index (χ2v) is 4.00. The van der Waals surface area contributed by atoms with E-state index >= 15 is 0 Å². The van der Waals surface area contributed by atoms with Crippen LogP contribution in [0.5, 0.6) is 0 Å². The molecule has 0 atom stereocenters. The summed E-state index contributed by atoms with van der Waals surface area (Å²) in [4.78, 5) is 11.1. The van der Waals surface area contributed by atoms with Gasteiger partial charge < -0.3 is 10.1 Å². The fourth-order valence-corrected chi connectivity index (χ4v) is 1.59. The molecule has 0 amide bonds. The maximum absolute atomic E-state index is 11.1. The maximum Gasteiger partial charge on any atom is 0.305 e. The summed E-state index contributed by atoms with van der Waals surface area (Å²) in [5, 5.41) is 12.1. The Balaban J connectivity index is 2.42. The maximum atomic E-state index is 11.1. The SMILES string of the molecule is CCOC(=O)CCCNc1cc(C)ccc1C#N. The highest BCUT2D eigenvalue weighted by atomic mass is 16.5. The molecule has 96 valence electrons. The number of carbonyl (C=O) groups is 1. The van der Waals surface area contributed by atoms with E-state index in [0.29, 0.717) is 31.6 Å². The Morgan fingerprint density at radius 1 is 1.50 bits per heavy atom. The number of benzene rings is 1. The average molecular weight is 246 g/mol. The van der Waals surface area contributed by atoms with Crippen molar-refractivity contribution in [2.75, 3.05) is 18.5 Å². The van der Waals surface area contributed by atoms with E-state index in [4.69, 9.17) is 10.00 Å². The number of esters is 1. The van der Waals surface area contributed by atoms with Crippen molar-refractivity contribution in [2.45, 2.75) is 26.7 Å². The van der Waals surface area contributed by atoms with Crippen molar-refractivity contribution >= 4 is 11.7 Å². The van der Waals surface area contributed by atoms with Crippen LogP contribution in [0.4, 0.5) is 5.69 Å². The van der Waals surface area contributed by atoms with Crippen LogP contribution in [-0.2, 0) is 9.53 Å². The average Bonchev–Trinajstić information content (AvgIpc) is 2.35. The number of aryl methyl sites for hydroxylation is 1. The summed E-state index contributed by atoms with van der Waals surface area (Å²) in [6.07, 6.45) is 1.09. The zero-order valence-electron chi connectivity index (χ0n) is 10.8. The van der Waals surface area contributed by atoms with Gasteiger partial charge in [0.2, 0.25) is 0 Å². The van der Waals surface area contributed by atoms with Crippen molar-refractivity contribution < 1.29 is 9.53 Å².